The summed E-state index contributed by atoms with van der Waals surface area (Å²) in [5.41, 5.74) is 2.42. The van der Waals surface area contributed by atoms with Crippen molar-refractivity contribution in [2.45, 2.75) is 20.5 Å². The van der Waals surface area contributed by atoms with Gasteiger partial charge in [-0.25, -0.2) is 4.79 Å². The first kappa shape index (κ1) is 19.7. The van der Waals surface area contributed by atoms with Crippen molar-refractivity contribution in [3.63, 3.8) is 0 Å². The minimum absolute atomic E-state index is 0.141. The molecule has 0 spiro atoms. The largest absolute Gasteiger partial charge is 0.497 e. The van der Waals surface area contributed by atoms with Crippen molar-refractivity contribution in [3.8, 4) is 22.9 Å². The van der Waals surface area contributed by atoms with Gasteiger partial charge in [0.15, 0.2) is 13.2 Å². The average Bonchev–Trinajstić information content (AvgIpc) is 3.14. The summed E-state index contributed by atoms with van der Waals surface area (Å²) in [4.78, 5) is 16.2. The van der Waals surface area contributed by atoms with E-state index in [0.29, 0.717) is 22.3 Å². The summed E-state index contributed by atoms with van der Waals surface area (Å²) < 4.78 is 21.0. The molecule has 7 nitrogen and oxygen atoms in total. The first-order chi connectivity index (χ1) is 13.5. The monoisotopic (exact) mass is 402 g/mol. The number of nitrogens with zero attached hydrogens (tertiary/aromatic N) is 2. The van der Waals surface area contributed by atoms with Gasteiger partial charge in [-0.15, -0.1) is 0 Å². The summed E-state index contributed by atoms with van der Waals surface area (Å²) in [5, 5.41) is 4.51. The van der Waals surface area contributed by atoms with Crippen LogP contribution < -0.4 is 9.47 Å². The lowest BCUT2D eigenvalue weighted by molar-refractivity contribution is -0.148. The van der Waals surface area contributed by atoms with Crippen LogP contribution in [0, 0.1) is 13.8 Å². The number of carbonyl (C=O) groups excluding carboxylic acids is 1. The van der Waals surface area contributed by atoms with Crippen molar-refractivity contribution in [2.24, 2.45) is 0 Å². The maximum Gasteiger partial charge on any atom is 0.344 e. The fourth-order valence-electron chi connectivity index (χ4n) is 2.63. The van der Waals surface area contributed by atoms with E-state index in [0.717, 1.165) is 16.7 Å². The van der Waals surface area contributed by atoms with Gasteiger partial charge in [0.2, 0.25) is 5.82 Å². The molecule has 1 aromatic heterocycles. The highest BCUT2D eigenvalue weighted by Gasteiger charge is 2.13. The van der Waals surface area contributed by atoms with Gasteiger partial charge in [0.05, 0.1) is 7.11 Å². The van der Waals surface area contributed by atoms with E-state index in [4.69, 9.17) is 30.3 Å². The Morgan fingerprint density at radius 3 is 2.64 bits per heavy atom. The molecule has 0 saturated heterocycles. The molecule has 0 N–H and O–H groups in total. The third kappa shape index (κ3) is 4.80. The molecule has 3 aromatic rings. The molecule has 0 aliphatic carbocycles. The zero-order valence-corrected chi connectivity index (χ0v) is 16.4. The third-order valence-corrected chi connectivity index (χ3v) is 4.13. The number of ether oxygens (including phenoxy) is 3. The highest BCUT2D eigenvalue weighted by atomic mass is 35.5. The van der Waals surface area contributed by atoms with Crippen LogP contribution in [0.15, 0.2) is 40.9 Å². The van der Waals surface area contributed by atoms with Crippen LogP contribution in [0.5, 0.6) is 11.5 Å². The second-order valence-corrected chi connectivity index (χ2v) is 6.50. The number of hydrogen-bond acceptors (Lipinski definition) is 7. The lowest BCUT2D eigenvalue weighted by Crippen LogP contribution is -2.15. The van der Waals surface area contributed by atoms with Crippen LogP contribution >= 0.6 is 11.6 Å². The Morgan fingerprint density at radius 2 is 1.93 bits per heavy atom. The molecule has 8 heteroatoms. The van der Waals surface area contributed by atoms with Gasteiger partial charge < -0.3 is 18.7 Å². The Balaban J connectivity index is 1.55. The third-order valence-electron chi connectivity index (χ3n) is 3.91. The van der Waals surface area contributed by atoms with Crippen LogP contribution in [0.1, 0.15) is 17.0 Å². The van der Waals surface area contributed by atoms with Crippen LogP contribution in [0.3, 0.4) is 0 Å². The summed E-state index contributed by atoms with van der Waals surface area (Å²) in [7, 11) is 1.58. The van der Waals surface area contributed by atoms with Crippen LogP contribution in [0.25, 0.3) is 11.4 Å². The van der Waals surface area contributed by atoms with Crippen LogP contribution in [0.4, 0.5) is 0 Å². The summed E-state index contributed by atoms with van der Waals surface area (Å²) in [5.74, 6) is 1.31. The fraction of sp³-hybridized carbons (Fsp3) is 0.250. The molecule has 3 rings (SSSR count). The van der Waals surface area contributed by atoms with Crippen LogP contribution in [-0.4, -0.2) is 29.8 Å². The minimum Gasteiger partial charge on any atom is -0.497 e. The minimum atomic E-state index is -0.546. The van der Waals surface area contributed by atoms with Gasteiger partial charge >= 0.3 is 5.97 Å². The van der Waals surface area contributed by atoms with E-state index < -0.39 is 5.97 Å². The number of rotatable bonds is 7. The van der Waals surface area contributed by atoms with Crippen molar-refractivity contribution in [1.82, 2.24) is 10.1 Å². The smallest absolute Gasteiger partial charge is 0.344 e. The second kappa shape index (κ2) is 8.75. The van der Waals surface area contributed by atoms with E-state index in [1.807, 2.05) is 32.0 Å². The Bertz CT molecular complexity index is 963. The SMILES string of the molecule is COc1cccc(-c2noc(COC(=O)COc3c(C)cc(Cl)cc3C)n2)c1. The van der Waals surface area contributed by atoms with Crippen molar-refractivity contribution in [2.75, 3.05) is 13.7 Å². The molecule has 0 fully saturated rings. The van der Waals surface area contributed by atoms with Gasteiger partial charge in [-0.1, -0.05) is 28.9 Å². The number of aryl methyl sites for hydroxylation is 2. The zero-order chi connectivity index (χ0) is 20.1. The maximum atomic E-state index is 12.0. The number of halogens is 1. The first-order valence-corrected chi connectivity index (χ1v) is 8.86. The van der Waals surface area contributed by atoms with Gasteiger partial charge in [-0.05, 0) is 49.2 Å². The highest BCUT2D eigenvalue weighted by molar-refractivity contribution is 6.30. The Kier molecular flexibility index (Phi) is 6.16. The molecule has 28 heavy (non-hydrogen) atoms. The van der Waals surface area contributed by atoms with E-state index in [1.54, 1.807) is 25.3 Å². The summed E-state index contributed by atoms with van der Waals surface area (Å²) >= 11 is 5.99. The fourth-order valence-corrected chi connectivity index (χ4v) is 2.96. The van der Waals surface area contributed by atoms with E-state index in [-0.39, 0.29) is 19.1 Å². The summed E-state index contributed by atoms with van der Waals surface area (Å²) in [6.07, 6.45) is 0. The Morgan fingerprint density at radius 1 is 1.18 bits per heavy atom. The number of hydrogen-bond donors (Lipinski definition) is 0. The first-order valence-electron chi connectivity index (χ1n) is 8.48. The predicted molar refractivity (Wildman–Crippen MR) is 103 cm³/mol. The molecule has 146 valence electrons. The van der Waals surface area contributed by atoms with Gasteiger partial charge in [-0.3, -0.25) is 0 Å². The molecule has 0 aliphatic heterocycles. The van der Waals surface area contributed by atoms with Crippen molar-refractivity contribution in [1.29, 1.82) is 0 Å². The number of methoxy groups -OCH3 is 1. The lowest BCUT2D eigenvalue weighted by atomic mass is 10.1. The van der Waals surface area contributed by atoms with E-state index in [2.05, 4.69) is 10.1 Å². The van der Waals surface area contributed by atoms with Gasteiger partial charge in [-0.2, -0.15) is 4.98 Å². The van der Waals surface area contributed by atoms with Gasteiger partial charge in [0.1, 0.15) is 11.5 Å². The molecule has 0 amide bonds. The van der Waals surface area contributed by atoms with E-state index >= 15 is 0 Å². The predicted octanol–water partition coefficient (Wildman–Crippen LogP) is 4.14. The molecule has 2 aromatic carbocycles. The molecule has 0 unspecified atom stereocenters. The number of aromatic nitrogens is 2. The van der Waals surface area contributed by atoms with E-state index in [9.17, 15) is 4.79 Å². The topological polar surface area (TPSA) is 83.7 Å². The normalized spacial score (nSPS) is 10.6. The van der Waals surface area contributed by atoms with E-state index in [1.165, 1.54) is 0 Å². The number of carbonyl (C=O) groups is 1. The average molecular weight is 403 g/mol. The molecular formula is C20H19ClN2O5. The highest BCUT2D eigenvalue weighted by Crippen LogP contribution is 2.27. The molecule has 0 radical (unpaired) electrons. The molecule has 0 aliphatic rings. The number of esters is 1. The lowest BCUT2D eigenvalue weighted by Gasteiger charge is -2.11. The van der Waals surface area contributed by atoms with Gasteiger partial charge in [0.25, 0.3) is 5.89 Å². The number of benzene rings is 2. The van der Waals surface area contributed by atoms with Crippen molar-refractivity contribution in [3.05, 3.63) is 58.4 Å². The van der Waals surface area contributed by atoms with Crippen LogP contribution in [-0.2, 0) is 16.1 Å². The maximum absolute atomic E-state index is 12.0. The molecular weight excluding hydrogens is 384 g/mol. The molecule has 0 saturated carbocycles. The van der Waals surface area contributed by atoms with Crippen LogP contribution in [0.2, 0.25) is 5.02 Å². The second-order valence-electron chi connectivity index (χ2n) is 6.06. The molecule has 1 heterocycles. The Labute approximate surface area is 167 Å². The Hall–Kier alpha value is -3.06. The zero-order valence-electron chi connectivity index (χ0n) is 15.7. The van der Waals surface area contributed by atoms with Gasteiger partial charge in [0, 0.05) is 10.6 Å². The van der Waals surface area contributed by atoms with Crippen molar-refractivity contribution < 1.29 is 23.5 Å². The quantitative estimate of drug-likeness (QED) is 0.549. The summed E-state index contributed by atoms with van der Waals surface area (Å²) in [6.45, 7) is 3.34. The summed E-state index contributed by atoms with van der Waals surface area (Å²) in [6, 6.07) is 10.8. The molecule has 0 bridgehead atoms. The molecule has 0 atom stereocenters. The standard InChI is InChI=1S/C20H19ClN2O5/c1-12-7-15(21)8-13(2)19(12)27-11-18(24)26-10-17-22-20(23-28-17)14-5-4-6-16(9-14)25-3/h4-9H,10-11H2,1-3H3. The van der Waals surface area contributed by atoms with Crippen molar-refractivity contribution >= 4 is 17.6 Å².